The van der Waals surface area contributed by atoms with Crippen molar-refractivity contribution in [3.8, 4) is 0 Å². The minimum Gasteiger partial charge on any atom is -0.342 e. The number of para-hydroxylation sites is 2. The van der Waals surface area contributed by atoms with Crippen LogP contribution in [0.25, 0.3) is 11.0 Å². The molecular formula is C21H27N5O3S. The zero-order valence-corrected chi connectivity index (χ0v) is 18.4. The van der Waals surface area contributed by atoms with Crippen molar-refractivity contribution in [2.45, 2.75) is 45.7 Å². The van der Waals surface area contributed by atoms with Crippen LogP contribution in [0.4, 0.5) is 0 Å². The Morgan fingerprint density at radius 3 is 2.77 bits per heavy atom. The lowest BCUT2D eigenvalue weighted by atomic mass is 10.1. The molecule has 0 aliphatic carbocycles. The van der Waals surface area contributed by atoms with Crippen molar-refractivity contribution < 1.29 is 13.2 Å². The smallest absolute Gasteiger partial charge is 0.223 e. The highest BCUT2D eigenvalue weighted by molar-refractivity contribution is 7.91. The molecular weight excluding hydrogens is 402 g/mol. The average Bonchev–Trinajstić information content (AvgIpc) is 3.36. The predicted octanol–water partition coefficient (Wildman–Crippen LogP) is 2.33. The summed E-state index contributed by atoms with van der Waals surface area (Å²) in [6.45, 7) is 4.32. The van der Waals surface area contributed by atoms with E-state index < -0.39 is 9.84 Å². The molecule has 0 saturated carbocycles. The molecule has 1 amide bonds. The number of rotatable bonds is 6. The van der Waals surface area contributed by atoms with Gasteiger partial charge < -0.3 is 9.88 Å². The van der Waals surface area contributed by atoms with Crippen molar-refractivity contribution in [3.05, 3.63) is 47.0 Å². The van der Waals surface area contributed by atoms with Crippen LogP contribution in [0.5, 0.6) is 0 Å². The molecule has 1 aromatic carbocycles. The standard InChI is InChI=1S/C21H27N5O3S/c1-14-17(15(2)26(24-14)16-10-11-30(28,29)13-16)12-25(3)21(27)9-8-20-22-18-6-4-5-7-19(18)23-20/h4-7,16H,8-13H2,1-3H3,(H,22,23)/t16-/m1/s1. The van der Waals surface area contributed by atoms with Gasteiger partial charge in [-0.15, -0.1) is 0 Å². The zero-order chi connectivity index (χ0) is 21.5. The van der Waals surface area contributed by atoms with E-state index in [9.17, 15) is 13.2 Å². The monoisotopic (exact) mass is 429 g/mol. The lowest BCUT2D eigenvalue weighted by molar-refractivity contribution is -0.130. The third kappa shape index (κ3) is 4.12. The third-order valence-corrected chi connectivity index (χ3v) is 7.61. The summed E-state index contributed by atoms with van der Waals surface area (Å²) in [5, 5.41) is 4.59. The van der Waals surface area contributed by atoms with Gasteiger partial charge in [0.25, 0.3) is 0 Å². The largest absolute Gasteiger partial charge is 0.342 e. The van der Waals surface area contributed by atoms with Gasteiger partial charge in [-0.25, -0.2) is 13.4 Å². The topological polar surface area (TPSA) is 101 Å². The number of fused-ring (bicyclic) bond motifs is 1. The van der Waals surface area contributed by atoms with Gasteiger partial charge in [0, 0.05) is 37.7 Å². The van der Waals surface area contributed by atoms with Gasteiger partial charge in [-0.3, -0.25) is 9.48 Å². The van der Waals surface area contributed by atoms with E-state index in [0.29, 0.717) is 25.8 Å². The van der Waals surface area contributed by atoms with Gasteiger partial charge in [-0.1, -0.05) is 12.1 Å². The van der Waals surface area contributed by atoms with Crippen molar-refractivity contribution in [1.29, 1.82) is 0 Å². The number of carbonyl (C=O) groups excluding carboxylic acids is 1. The van der Waals surface area contributed by atoms with Crippen LogP contribution in [0, 0.1) is 13.8 Å². The number of hydrogen-bond acceptors (Lipinski definition) is 5. The van der Waals surface area contributed by atoms with E-state index in [2.05, 4.69) is 15.1 Å². The Kier molecular flexibility index (Phi) is 5.40. The van der Waals surface area contributed by atoms with Gasteiger partial charge in [0.05, 0.1) is 34.3 Å². The van der Waals surface area contributed by atoms with E-state index >= 15 is 0 Å². The maximum atomic E-state index is 12.7. The molecule has 1 fully saturated rings. The summed E-state index contributed by atoms with van der Waals surface area (Å²) in [7, 11) is -1.19. The fourth-order valence-corrected chi connectivity index (χ4v) is 5.81. The van der Waals surface area contributed by atoms with Crippen molar-refractivity contribution in [2.75, 3.05) is 18.6 Å². The lowest BCUT2D eigenvalue weighted by Gasteiger charge is -2.18. The second kappa shape index (κ2) is 7.86. The number of carbonyl (C=O) groups is 1. The molecule has 1 aliphatic heterocycles. The van der Waals surface area contributed by atoms with Gasteiger partial charge in [0.1, 0.15) is 5.82 Å². The average molecular weight is 430 g/mol. The number of H-pyrrole nitrogens is 1. The number of amides is 1. The molecule has 4 rings (SSSR count). The SMILES string of the molecule is Cc1nn([C@@H]2CCS(=O)(=O)C2)c(C)c1CN(C)C(=O)CCc1nc2ccccc2[nH]1. The fourth-order valence-electron chi connectivity index (χ4n) is 4.12. The summed E-state index contributed by atoms with van der Waals surface area (Å²) in [6, 6.07) is 7.70. The van der Waals surface area contributed by atoms with Crippen LogP contribution in [0.3, 0.4) is 0 Å². The molecule has 3 aromatic rings. The Balaban J connectivity index is 1.40. The minimum atomic E-state index is -2.98. The Bertz CT molecular complexity index is 1160. The van der Waals surface area contributed by atoms with Crippen LogP contribution < -0.4 is 0 Å². The fraction of sp³-hybridized carbons (Fsp3) is 0.476. The quantitative estimate of drug-likeness (QED) is 0.648. The number of aryl methyl sites for hydroxylation is 2. The molecule has 1 atom stereocenters. The van der Waals surface area contributed by atoms with Gasteiger partial charge in [-0.05, 0) is 32.4 Å². The predicted molar refractivity (Wildman–Crippen MR) is 115 cm³/mol. The Labute approximate surface area is 176 Å². The summed E-state index contributed by atoms with van der Waals surface area (Å²) >= 11 is 0. The molecule has 0 spiro atoms. The number of benzene rings is 1. The van der Waals surface area contributed by atoms with Crippen LogP contribution in [0.2, 0.25) is 0 Å². The summed E-state index contributed by atoms with van der Waals surface area (Å²) < 4.78 is 25.5. The van der Waals surface area contributed by atoms with Crippen LogP contribution in [-0.2, 0) is 27.6 Å². The highest BCUT2D eigenvalue weighted by Gasteiger charge is 2.31. The number of hydrogen-bond donors (Lipinski definition) is 1. The van der Waals surface area contributed by atoms with Crippen molar-refractivity contribution in [3.63, 3.8) is 0 Å². The molecule has 2 aromatic heterocycles. The summed E-state index contributed by atoms with van der Waals surface area (Å²) in [5.41, 5.74) is 4.64. The van der Waals surface area contributed by atoms with Crippen molar-refractivity contribution in [2.24, 2.45) is 0 Å². The maximum Gasteiger partial charge on any atom is 0.223 e. The number of imidazole rings is 1. The summed E-state index contributed by atoms with van der Waals surface area (Å²) in [5.74, 6) is 1.19. The molecule has 30 heavy (non-hydrogen) atoms. The molecule has 0 bridgehead atoms. The first-order valence-electron chi connectivity index (χ1n) is 10.2. The lowest BCUT2D eigenvalue weighted by Crippen LogP contribution is -2.27. The van der Waals surface area contributed by atoms with E-state index in [1.807, 2.05) is 42.8 Å². The van der Waals surface area contributed by atoms with Crippen LogP contribution in [0.15, 0.2) is 24.3 Å². The van der Waals surface area contributed by atoms with E-state index in [4.69, 9.17) is 0 Å². The van der Waals surface area contributed by atoms with E-state index in [0.717, 1.165) is 33.8 Å². The molecule has 9 heteroatoms. The van der Waals surface area contributed by atoms with Crippen molar-refractivity contribution >= 4 is 26.8 Å². The second-order valence-corrected chi connectivity index (χ2v) is 10.3. The normalized spacial score (nSPS) is 18.2. The Morgan fingerprint density at radius 1 is 1.30 bits per heavy atom. The molecule has 1 N–H and O–H groups in total. The number of sulfone groups is 1. The molecule has 1 saturated heterocycles. The van der Waals surface area contributed by atoms with Gasteiger partial charge in [0.15, 0.2) is 9.84 Å². The maximum absolute atomic E-state index is 12.7. The van der Waals surface area contributed by atoms with Gasteiger partial charge in [-0.2, -0.15) is 5.10 Å². The first-order valence-corrected chi connectivity index (χ1v) is 12.0. The summed E-state index contributed by atoms with van der Waals surface area (Å²) in [4.78, 5) is 22.2. The van der Waals surface area contributed by atoms with E-state index in [-0.39, 0.29) is 23.5 Å². The highest BCUT2D eigenvalue weighted by Crippen LogP contribution is 2.27. The Morgan fingerprint density at radius 2 is 2.07 bits per heavy atom. The first-order chi connectivity index (χ1) is 14.2. The minimum absolute atomic E-state index is 0.0328. The van der Waals surface area contributed by atoms with Crippen LogP contribution >= 0.6 is 0 Å². The Hall–Kier alpha value is -2.68. The number of aromatic nitrogens is 4. The molecule has 0 unspecified atom stereocenters. The van der Waals surface area contributed by atoms with Crippen LogP contribution in [0.1, 0.15) is 41.7 Å². The van der Waals surface area contributed by atoms with Gasteiger partial charge in [0.2, 0.25) is 5.91 Å². The van der Waals surface area contributed by atoms with Crippen LogP contribution in [-0.4, -0.2) is 57.5 Å². The number of aromatic amines is 1. The van der Waals surface area contributed by atoms with E-state index in [1.54, 1.807) is 11.9 Å². The first kappa shape index (κ1) is 20.6. The highest BCUT2D eigenvalue weighted by atomic mass is 32.2. The third-order valence-electron chi connectivity index (χ3n) is 5.86. The van der Waals surface area contributed by atoms with Gasteiger partial charge >= 0.3 is 0 Å². The molecule has 0 radical (unpaired) electrons. The molecule has 3 heterocycles. The zero-order valence-electron chi connectivity index (χ0n) is 17.6. The molecule has 1 aliphatic rings. The summed E-state index contributed by atoms with van der Waals surface area (Å²) in [6.07, 6.45) is 1.51. The number of nitrogens with zero attached hydrogens (tertiary/aromatic N) is 4. The van der Waals surface area contributed by atoms with E-state index in [1.165, 1.54) is 0 Å². The molecule has 8 nitrogen and oxygen atoms in total. The van der Waals surface area contributed by atoms with Crippen molar-refractivity contribution in [1.82, 2.24) is 24.6 Å². The number of nitrogens with one attached hydrogen (secondary N) is 1. The molecule has 160 valence electrons. The second-order valence-electron chi connectivity index (χ2n) is 8.10.